The van der Waals surface area contributed by atoms with E-state index in [2.05, 4.69) is 10.1 Å². The third-order valence-corrected chi connectivity index (χ3v) is 4.14. The van der Waals surface area contributed by atoms with Crippen molar-refractivity contribution >= 4 is 34.3 Å². The van der Waals surface area contributed by atoms with Crippen LogP contribution < -0.4 is 19.7 Å². The van der Waals surface area contributed by atoms with Gasteiger partial charge < -0.3 is 15.2 Å². The summed E-state index contributed by atoms with van der Waals surface area (Å²) in [5.41, 5.74) is 0.903. The van der Waals surface area contributed by atoms with Crippen molar-refractivity contribution in [1.82, 2.24) is 0 Å². The normalized spacial score (nSPS) is 11.7. The summed E-state index contributed by atoms with van der Waals surface area (Å²) in [6.07, 6.45) is 3.31. The Bertz CT molecular complexity index is 1010. The smallest absolute Gasteiger partial charge is 0.387 e. The monoisotopic (exact) mass is 416 g/mol. The van der Waals surface area contributed by atoms with E-state index in [0.717, 1.165) is 0 Å². The first-order valence-corrected chi connectivity index (χ1v) is 8.85. The van der Waals surface area contributed by atoms with Crippen LogP contribution in [0.15, 0.2) is 79.1 Å². The molecule has 4 nitrogen and oxygen atoms in total. The summed E-state index contributed by atoms with van der Waals surface area (Å²) in [5.74, 6) is -0.862. The van der Waals surface area contributed by atoms with Crippen LogP contribution in [0.25, 0.3) is 11.5 Å². The van der Waals surface area contributed by atoms with Gasteiger partial charge in [0.05, 0.1) is 0 Å². The number of anilines is 1. The van der Waals surface area contributed by atoms with Gasteiger partial charge in [0.25, 0.3) is 0 Å². The second-order valence-corrected chi connectivity index (χ2v) is 6.23. The van der Waals surface area contributed by atoms with Gasteiger partial charge in [0.2, 0.25) is 5.70 Å². The molecule has 3 rings (SSSR count). The van der Waals surface area contributed by atoms with Crippen molar-refractivity contribution in [2.45, 2.75) is 6.61 Å². The Kier molecular flexibility index (Phi) is 6.46. The van der Waals surface area contributed by atoms with Crippen LogP contribution in [-0.4, -0.2) is 11.6 Å². The number of hydrogen-bond donors (Lipinski definition) is 1. The lowest BCUT2D eigenvalue weighted by Crippen LogP contribution is -2.39. The van der Waals surface area contributed by atoms with Gasteiger partial charge in [-0.3, -0.25) is 0 Å². The largest absolute Gasteiger partial charge is 0.867 e. The van der Waals surface area contributed by atoms with Gasteiger partial charge >= 0.3 is 6.61 Å². The summed E-state index contributed by atoms with van der Waals surface area (Å²) in [4.78, 5) is 0.109. The maximum atomic E-state index is 13.2. The molecule has 0 aliphatic heterocycles. The average Bonchev–Trinajstić information content (AvgIpc) is 2.70. The fraction of sp³-hybridized carbons (Fsp3) is 0.0476. The third-order valence-electron chi connectivity index (χ3n) is 3.85. The topological polar surface area (TPSA) is 48.2 Å². The molecule has 0 saturated heterocycles. The fourth-order valence-electron chi connectivity index (χ4n) is 2.53. The Balaban J connectivity index is 1.93. The molecular weight excluding hydrogens is 401 g/mol. The highest BCUT2D eigenvalue weighted by atomic mass is 32.1. The Morgan fingerprint density at radius 1 is 0.966 bits per heavy atom. The number of ether oxygens (including phenoxy) is 1. The van der Waals surface area contributed by atoms with Crippen molar-refractivity contribution in [3.05, 3.63) is 90.5 Å². The van der Waals surface area contributed by atoms with Gasteiger partial charge in [0.1, 0.15) is 11.6 Å². The summed E-state index contributed by atoms with van der Waals surface area (Å²) < 4.78 is 43.6. The van der Waals surface area contributed by atoms with Gasteiger partial charge in [-0.1, -0.05) is 30.4 Å². The molecule has 0 atom stereocenters. The van der Waals surface area contributed by atoms with E-state index in [0.29, 0.717) is 5.69 Å². The van der Waals surface area contributed by atoms with Gasteiger partial charge in [-0.2, -0.15) is 13.3 Å². The second-order valence-electron chi connectivity index (χ2n) is 5.82. The second kappa shape index (κ2) is 9.20. The minimum absolute atomic E-state index is 0.000458. The van der Waals surface area contributed by atoms with Crippen LogP contribution in [-0.2, 0) is 0 Å². The highest BCUT2D eigenvalue weighted by molar-refractivity contribution is 7.81. The Labute approximate surface area is 170 Å². The molecule has 0 aliphatic rings. The molecule has 8 heteroatoms. The number of nitrogens with one attached hydrogen (secondary N) is 1. The summed E-state index contributed by atoms with van der Waals surface area (Å²) in [6.45, 7) is -2.92. The lowest BCUT2D eigenvalue weighted by Gasteiger charge is -2.17. The maximum absolute atomic E-state index is 13.2. The van der Waals surface area contributed by atoms with Crippen LogP contribution in [0.4, 0.5) is 18.9 Å². The van der Waals surface area contributed by atoms with Gasteiger partial charge in [-0.15, -0.1) is 0 Å². The maximum Gasteiger partial charge on any atom is 0.387 e. The van der Waals surface area contributed by atoms with E-state index in [4.69, 9.17) is 12.2 Å². The molecule has 0 saturated carbocycles. The number of thiocarbonyl (C=S) groups is 1. The molecule has 1 heterocycles. The van der Waals surface area contributed by atoms with Crippen molar-refractivity contribution in [3.63, 3.8) is 0 Å². The van der Waals surface area contributed by atoms with Crippen LogP contribution >= 0.6 is 12.2 Å². The molecule has 3 aromatic rings. The molecule has 0 amide bonds. The predicted molar refractivity (Wildman–Crippen MR) is 105 cm³/mol. The zero-order valence-electron chi connectivity index (χ0n) is 14.9. The number of aromatic nitrogens is 1. The molecule has 1 aromatic heterocycles. The molecule has 0 bridgehead atoms. The molecular formula is C21H15F3N2O2S. The molecule has 0 fully saturated rings. The number of pyridine rings is 1. The van der Waals surface area contributed by atoms with Crippen molar-refractivity contribution in [1.29, 1.82) is 0 Å². The predicted octanol–water partition coefficient (Wildman–Crippen LogP) is 3.84. The van der Waals surface area contributed by atoms with Crippen LogP contribution in [0.1, 0.15) is 5.56 Å². The number of alkyl halides is 2. The Morgan fingerprint density at radius 2 is 1.59 bits per heavy atom. The van der Waals surface area contributed by atoms with E-state index < -0.39 is 18.2 Å². The number of benzene rings is 2. The Hall–Kier alpha value is -3.39. The van der Waals surface area contributed by atoms with E-state index in [9.17, 15) is 18.3 Å². The van der Waals surface area contributed by atoms with Gasteiger partial charge in [-0.05, 0) is 47.7 Å². The van der Waals surface area contributed by atoms with E-state index in [1.807, 2.05) is 0 Å². The Morgan fingerprint density at radius 3 is 2.17 bits per heavy atom. The summed E-state index contributed by atoms with van der Waals surface area (Å²) >= 11 is 5.43. The molecule has 1 N–H and O–H groups in total. The number of halogens is 3. The molecule has 0 spiro atoms. The quantitative estimate of drug-likeness (QED) is 0.287. The van der Waals surface area contributed by atoms with Crippen molar-refractivity contribution in [2.75, 3.05) is 5.32 Å². The van der Waals surface area contributed by atoms with Crippen LogP contribution in [0.5, 0.6) is 5.75 Å². The number of hydrogen-bond acceptors (Lipinski definition) is 3. The molecule has 148 valence electrons. The molecule has 0 aliphatic carbocycles. The van der Waals surface area contributed by atoms with E-state index in [-0.39, 0.29) is 22.0 Å². The first-order chi connectivity index (χ1) is 13.9. The van der Waals surface area contributed by atoms with Crippen LogP contribution in [0.2, 0.25) is 0 Å². The van der Waals surface area contributed by atoms with Crippen molar-refractivity contribution < 1.29 is 27.6 Å². The third kappa shape index (κ3) is 5.32. The minimum Gasteiger partial charge on any atom is -0.867 e. The average molecular weight is 416 g/mol. The standard InChI is InChI=1S/C21H15F3N2O2S/c22-15-6-4-14(5-7-15)19(27)18(26-12-2-1-3-13-26)20(29)25-16-8-10-17(11-9-16)28-21(23)24/h1-13,21H,(H-,25,27,29). The molecule has 0 radical (unpaired) electrons. The SMILES string of the molecule is [O-]/C(=C(\C(=S)Nc1ccc(OC(F)F)cc1)[n+]1ccccc1)c1ccc(F)cc1. The van der Waals surface area contributed by atoms with Crippen molar-refractivity contribution in [2.24, 2.45) is 0 Å². The first kappa shape index (κ1) is 20.3. The zero-order chi connectivity index (χ0) is 20.8. The van der Waals surface area contributed by atoms with Gasteiger partial charge in [0, 0.05) is 17.8 Å². The zero-order valence-corrected chi connectivity index (χ0v) is 15.7. The van der Waals surface area contributed by atoms with E-state index in [1.165, 1.54) is 48.5 Å². The molecule has 29 heavy (non-hydrogen) atoms. The highest BCUT2D eigenvalue weighted by Gasteiger charge is 2.18. The molecule has 0 unspecified atom stereocenters. The van der Waals surface area contributed by atoms with Gasteiger partial charge in [0.15, 0.2) is 17.4 Å². The lowest BCUT2D eigenvalue weighted by atomic mass is 10.1. The molecule has 2 aromatic carbocycles. The van der Waals surface area contributed by atoms with Gasteiger partial charge in [-0.25, -0.2) is 4.39 Å². The van der Waals surface area contributed by atoms with E-state index in [1.54, 1.807) is 35.2 Å². The first-order valence-electron chi connectivity index (χ1n) is 8.44. The number of rotatable bonds is 6. The lowest BCUT2D eigenvalue weighted by molar-refractivity contribution is -0.577. The van der Waals surface area contributed by atoms with E-state index >= 15 is 0 Å². The summed E-state index contributed by atoms with van der Waals surface area (Å²) in [7, 11) is 0. The summed E-state index contributed by atoms with van der Waals surface area (Å²) in [6, 6.07) is 16.1. The summed E-state index contributed by atoms with van der Waals surface area (Å²) in [5, 5.41) is 16.0. The fourth-order valence-corrected chi connectivity index (χ4v) is 2.85. The van der Waals surface area contributed by atoms with Crippen LogP contribution in [0.3, 0.4) is 0 Å². The van der Waals surface area contributed by atoms with Crippen LogP contribution in [0, 0.1) is 5.82 Å². The van der Waals surface area contributed by atoms with Crippen molar-refractivity contribution in [3.8, 4) is 5.75 Å². The highest BCUT2D eigenvalue weighted by Crippen LogP contribution is 2.20. The minimum atomic E-state index is -2.92. The number of nitrogens with zero attached hydrogens (tertiary/aromatic N) is 1.